The van der Waals surface area contributed by atoms with E-state index in [0.717, 1.165) is 11.1 Å². The maximum atomic E-state index is 11.6. The lowest BCUT2D eigenvalue weighted by Gasteiger charge is -2.16. The normalized spacial score (nSPS) is 11.6. The molecule has 28 heavy (non-hydrogen) atoms. The second-order valence-electron chi connectivity index (χ2n) is 6.71. The first-order valence-electron chi connectivity index (χ1n) is 9.32. The summed E-state index contributed by atoms with van der Waals surface area (Å²) in [6.45, 7) is 2.51. The molecule has 0 bridgehead atoms. The van der Waals surface area contributed by atoms with Crippen molar-refractivity contribution in [2.24, 2.45) is 0 Å². The number of carboxylic acids is 1. The molecule has 0 saturated carbocycles. The Labute approximate surface area is 165 Å². The van der Waals surface area contributed by atoms with Gasteiger partial charge < -0.3 is 14.6 Å². The molecule has 3 aromatic carbocycles. The molecule has 0 aliphatic carbocycles. The van der Waals surface area contributed by atoms with Crippen LogP contribution in [0.25, 0.3) is 0 Å². The third kappa shape index (κ3) is 5.88. The summed E-state index contributed by atoms with van der Waals surface area (Å²) in [5, 5.41) is 9.47. The number of carbonyl (C=O) groups is 1. The largest absolute Gasteiger partial charge is 0.489 e. The van der Waals surface area contributed by atoms with E-state index in [0.29, 0.717) is 30.9 Å². The Hall–Kier alpha value is -3.27. The second-order valence-corrected chi connectivity index (χ2v) is 6.71. The van der Waals surface area contributed by atoms with Crippen molar-refractivity contribution >= 4 is 5.97 Å². The van der Waals surface area contributed by atoms with E-state index in [1.807, 2.05) is 61.5 Å². The summed E-state index contributed by atoms with van der Waals surface area (Å²) < 4.78 is 11.4. The van der Waals surface area contributed by atoms with Gasteiger partial charge in [-0.15, -0.1) is 0 Å². The molecule has 0 saturated heterocycles. The Morgan fingerprint density at radius 2 is 1.50 bits per heavy atom. The van der Waals surface area contributed by atoms with Crippen LogP contribution in [0.5, 0.6) is 11.5 Å². The average molecular weight is 376 g/mol. The van der Waals surface area contributed by atoms with Crippen LogP contribution in [0.2, 0.25) is 0 Å². The van der Waals surface area contributed by atoms with Gasteiger partial charge in [0.15, 0.2) is 6.10 Å². The summed E-state index contributed by atoms with van der Waals surface area (Å²) in [5.41, 5.74) is 3.37. The number of rotatable bonds is 9. The quantitative estimate of drug-likeness (QED) is 0.568. The Kier molecular flexibility index (Phi) is 6.68. The molecule has 1 N–H and O–H groups in total. The van der Waals surface area contributed by atoms with E-state index >= 15 is 0 Å². The van der Waals surface area contributed by atoms with Crippen molar-refractivity contribution in [1.82, 2.24) is 0 Å². The third-order valence-electron chi connectivity index (χ3n) is 4.44. The lowest BCUT2D eigenvalue weighted by molar-refractivity contribution is -0.145. The number of carboxylic acid groups (broad SMARTS) is 1. The van der Waals surface area contributed by atoms with Crippen molar-refractivity contribution < 1.29 is 19.4 Å². The van der Waals surface area contributed by atoms with E-state index in [9.17, 15) is 9.90 Å². The third-order valence-corrected chi connectivity index (χ3v) is 4.44. The molecule has 3 rings (SSSR count). The monoisotopic (exact) mass is 376 g/mol. The van der Waals surface area contributed by atoms with Crippen LogP contribution in [0.1, 0.15) is 23.1 Å². The number of benzene rings is 3. The highest BCUT2D eigenvalue weighted by Gasteiger charge is 2.19. The van der Waals surface area contributed by atoms with Crippen LogP contribution in [0.15, 0.2) is 78.9 Å². The zero-order valence-electron chi connectivity index (χ0n) is 15.9. The lowest BCUT2D eigenvalue weighted by Crippen LogP contribution is -2.27. The van der Waals surface area contributed by atoms with Gasteiger partial charge in [-0.1, -0.05) is 60.2 Å². The van der Waals surface area contributed by atoms with E-state index in [1.54, 1.807) is 24.3 Å². The van der Waals surface area contributed by atoms with Crippen molar-refractivity contribution in [3.05, 3.63) is 95.6 Å². The Morgan fingerprint density at radius 3 is 2.14 bits per heavy atom. The second kappa shape index (κ2) is 9.60. The predicted molar refractivity (Wildman–Crippen MR) is 109 cm³/mol. The van der Waals surface area contributed by atoms with Crippen molar-refractivity contribution in [3.63, 3.8) is 0 Å². The number of aryl methyl sites for hydroxylation is 2. The van der Waals surface area contributed by atoms with E-state index in [2.05, 4.69) is 0 Å². The molecule has 1 atom stereocenters. The van der Waals surface area contributed by atoms with Crippen LogP contribution in [0, 0.1) is 6.92 Å². The van der Waals surface area contributed by atoms with Crippen LogP contribution in [0.3, 0.4) is 0 Å². The number of ether oxygens (including phenoxy) is 2. The minimum absolute atomic E-state index is 0.407. The fraction of sp³-hybridized carbons (Fsp3) is 0.208. The summed E-state index contributed by atoms with van der Waals surface area (Å²) >= 11 is 0. The summed E-state index contributed by atoms with van der Waals surface area (Å²) in [6, 6.07) is 25.1. The van der Waals surface area contributed by atoms with Crippen LogP contribution in [-0.2, 0) is 17.8 Å². The first kappa shape index (κ1) is 19.5. The molecule has 0 radical (unpaired) electrons. The summed E-state index contributed by atoms with van der Waals surface area (Å²) in [5.74, 6) is 0.266. The maximum absolute atomic E-state index is 11.6. The van der Waals surface area contributed by atoms with Crippen LogP contribution >= 0.6 is 0 Å². The van der Waals surface area contributed by atoms with Crippen LogP contribution < -0.4 is 9.47 Å². The molecule has 0 heterocycles. The van der Waals surface area contributed by atoms with Gasteiger partial charge in [-0.05, 0) is 55.2 Å². The fourth-order valence-corrected chi connectivity index (χ4v) is 2.80. The molecule has 4 nitrogen and oxygen atoms in total. The van der Waals surface area contributed by atoms with Gasteiger partial charge in [0.2, 0.25) is 0 Å². The molecule has 0 aliphatic rings. The van der Waals surface area contributed by atoms with Gasteiger partial charge in [0.1, 0.15) is 18.1 Å². The Balaban J connectivity index is 1.54. The molecule has 0 aliphatic heterocycles. The van der Waals surface area contributed by atoms with Crippen LogP contribution in [-0.4, -0.2) is 17.2 Å². The van der Waals surface area contributed by atoms with Gasteiger partial charge in [0, 0.05) is 0 Å². The van der Waals surface area contributed by atoms with E-state index < -0.39 is 12.1 Å². The summed E-state index contributed by atoms with van der Waals surface area (Å²) in [7, 11) is 0. The molecule has 0 spiro atoms. The van der Waals surface area contributed by atoms with Gasteiger partial charge in [0.05, 0.1) is 0 Å². The lowest BCUT2D eigenvalue weighted by atomic mass is 10.1. The van der Waals surface area contributed by atoms with E-state index in [4.69, 9.17) is 9.47 Å². The number of aliphatic carboxylic acids is 1. The van der Waals surface area contributed by atoms with Gasteiger partial charge in [-0.2, -0.15) is 0 Å². The Morgan fingerprint density at radius 1 is 0.857 bits per heavy atom. The fourth-order valence-electron chi connectivity index (χ4n) is 2.80. The van der Waals surface area contributed by atoms with Gasteiger partial charge in [0.25, 0.3) is 0 Å². The van der Waals surface area contributed by atoms with Crippen molar-refractivity contribution in [3.8, 4) is 11.5 Å². The topological polar surface area (TPSA) is 55.8 Å². The van der Waals surface area contributed by atoms with Crippen molar-refractivity contribution in [1.29, 1.82) is 0 Å². The summed E-state index contributed by atoms with van der Waals surface area (Å²) in [6.07, 6.45) is 0.164. The number of hydrogen-bond acceptors (Lipinski definition) is 3. The van der Waals surface area contributed by atoms with E-state index in [1.165, 1.54) is 5.56 Å². The summed E-state index contributed by atoms with van der Waals surface area (Å²) in [4.78, 5) is 11.6. The smallest absolute Gasteiger partial charge is 0.344 e. The van der Waals surface area contributed by atoms with Crippen molar-refractivity contribution in [2.45, 2.75) is 32.5 Å². The maximum Gasteiger partial charge on any atom is 0.344 e. The van der Waals surface area contributed by atoms with Crippen LogP contribution in [0.4, 0.5) is 0 Å². The first-order valence-corrected chi connectivity index (χ1v) is 9.32. The highest BCUT2D eigenvalue weighted by atomic mass is 16.5. The predicted octanol–water partition coefficient (Wildman–Crippen LogP) is 5.04. The van der Waals surface area contributed by atoms with Gasteiger partial charge in [-0.3, -0.25) is 0 Å². The Bertz CT molecular complexity index is 871. The zero-order chi connectivity index (χ0) is 19.8. The average Bonchev–Trinajstić information content (AvgIpc) is 2.72. The molecule has 0 fully saturated rings. The zero-order valence-corrected chi connectivity index (χ0v) is 15.9. The highest BCUT2D eigenvalue weighted by Crippen LogP contribution is 2.21. The van der Waals surface area contributed by atoms with Gasteiger partial charge in [-0.25, -0.2) is 4.79 Å². The van der Waals surface area contributed by atoms with Crippen molar-refractivity contribution in [2.75, 3.05) is 0 Å². The molecule has 3 aromatic rings. The molecular formula is C24H24O4. The van der Waals surface area contributed by atoms with Gasteiger partial charge >= 0.3 is 5.97 Å². The standard InChI is InChI=1S/C24H24O4/c1-18-7-9-19(10-8-18)11-16-23(24(25)26)28-22-14-12-21(13-15-22)27-17-20-5-3-2-4-6-20/h2-10,12-15,23H,11,16-17H2,1H3,(H,25,26). The minimum atomic E-state index is -0.962. The molecule has 0 amide bonds. The highest BCUT2D eigenvalue weighted by molar-refractivity contribution is 5.72. The number of hydrogen-bond donors (Lipinski definition) is 1. The minimum Gasteiger partial charge on any atom is -0.489 e. The molecule has 144 valence electrons. The molecule has 0 aromatic heterocycles. The SMILES string of the molecule is Cc1ccc(CCC(Oc2ccc(OCc3ccccc3)cc2)C(=O)O)cc1. The molecule has 1 unspecified atom stereocenters. The molecule has 4 heteroatoms. The molecular weight excluding hydrogens is 352 g/mol. The van der Waals surface area contributed by atoms with E-state index in [-0.39, 0.29) is 0 Å². The first-order chi connectivity index (χ1) is 13.6.